The monoisotopic (exact) mass is 789 g/mol. The largest absolute Gasteiger partial charge is 0.453 e. The Morgan fingerprint density at radius 2 is 1.16 bits per heavy atom. The van der Waals surface area contributed by atoms with E-state index in [9.17, 15) is 14.4 Å². The zero-order valence-electron chi connectivity index (χ0n) is 33.1. The smallest absolute Gasteiger partial charge is 0.407 e. The summed E-state index contributed by atoms with van der Waals surface area (Å²) in [6.45, 7) is 16.4. The molecule has 55 heavy (non-hydrogen) atoms. The molecule has 3 N–H and O–H groups in total. The van der Waals surface area contributed by atoms with Gasteiger partial charge in [-0.25, -0.2) is 14.8 Å². The molecule has 2 aromatic heterocycles. The van der Waals surface area contributed by atoms with Crippen LogP contribution < -0.4 is 5.32 Å². The molecule has 7 atom stereocenters. The minimum atomic E-state index is -0.745. The third-order valence-corrected chi connectivity index (χ3v) is 12.1. The Labute approximate surface area is 333 Å². The predicted octanol–water partition coefficient (Wildman–Crippen LogP) is 9.46. The summed E-state index contributed by atoms with van der Waals surface area (Å²) in [5, 5.41) is 3.43. The van der Waals surface area contributed by atoms with Gasteiger partial charge in [0.2, 0.25) is 11.8 Å². The molecule has 2 aliphatic rings. The Morgan fingerprint density at radius 3 is 1.58 bits per heavy atom. The second-order valence-electron chi connectivity index (χ2n) is 16.2. The number of hydrogen-bond donors (Lipinski definition) is 3. The number of ether oxygens (including phenoxy) is 1. The van der Waals surface area contributed by atoms with Crippen molar-refractivity contribution in [2.24, 2.45) is 23.7 Å². The molecule has 2 aromatic carbocycles. The Morgan fingerprint density at radius 1 is 0.745 bits per heavy atom. The van der Waals surface area contributed by atoms with E-state index in [4.69, 9.17) is 37.9 Å². The highest BCUT2D eigenvalue weighted by Crippen LogP contribution is 2.43. The molecule has 2 fully saturated rings. The molecular formula is C42H53Cl2N7O4. The molecule has 2 saturated heterocycles. The van der Waals surface area contributed by atoms with Crippen LogP contribution in [0.1, 0.15) is 98.4 Å². The lowest BCUT2D eigenvalue weighted by Gasteiger charge is -2.33. The van der Waals surface area contributed by atoms with Crippen LogP contribution in [0.4, 0.5) is 4.79 Å². The molecule has 0 aliphatic carbocycles. The van der Waals surface area contributed by atoms with Gasteiger partial charge >= 0.3 is 6.09 Å². The van der Waals surface area contributed by atoms with Crippen molar-refractivity contribution in [2.75, 3.05) is 7.11 Å². The number of carbonyl (C=O) groups is 3. The van der Waals surface area contributed by atoms with Crippen LogP contribution in [-0.2, 0) is 14.3 Å². The topological polar surface area (TPSA) is 136 Å². The number of alkyl carbamates (subject to hydrolysis) is 1. The van der Waals surface area contributed by atoms with Crippen molar-refractivity contribution < 1.29 is 19.1 Å². The number of methoxy groups -OCH3 is 1. The first-order valence-electron chi connectivity index (χ1n) is 19.3. The second-order valence-corrected chi connectivity index (χ2v) is 16.9. The number of hydrogen-bond acceptors (Lipinski definition) is 6. The first-order valence-corrected chi connectivity index (χ1v) is 20.0. The van der Waals surface area contributed by atoms with E-state index in [0.717, 1.165) is 40.2 Å². The van der Waals surface area contributed by atoms with Crippen molar-refractivity contribution in [2.45, 2.75) is 105 Å². The summed E-state index contributed by atoms with van der Waals surface area (Å²) in [7, 11) is 1.29. The summed E-state index contributed by atoms with van der Waals surface area (Å²) >= 11 is 13.5. The van der Waals surface area contributed by atoms with Crippen LogP contribution in [-0.4, -0.2) is 72.9 Å². The molecule has 11 nitrogen and oxygen atoms in total. The van der Waals surface area contributed by atoms with E-state index in [1.54, 1.807) is 0 Å². The van der Waals surface area contributed by atoms with Crippen LogP contribution in [0, 0.1) is 23.7 Å². The van der Waals surface area contributed by atoms with Gasteiger partial charge in [0, 0.05) is 29.6 Å². The fraction of sp³-hybridized carbons (Fsp3) is 0.500. The minimum absolute atomic E-state index is 0.0712. The van der Waals surface area contributed by atoms with Crippen LogP contribution in [0.15, 0.2) is 48.5 Å². The summed E-state index contributed by atoms with van der Waals surface area (Å²) in [6, 6.07) is 15.0. The summed E-state index contributed by atoms with van der Waals surface area (Å²) in [6.07, 6.45) is 1.40. The van der Waals surface area contributed by atoms with E-state index >= 15 is 0 Å². The molecule has 13 heteroatoms. The van der Waals surface area contributed by atoms with Crippen LogP contribution in [0.5, 0.6) is 0 Å². The van der Waals surface area contributed by atoms with Crippen LogP contribution >= 0.6 is 23.2 Å². The minimum Gasteiger partial charge on any atom is -0.453 e. The first kappa shape index (κ1) is 40.3. The van der Waals surface area contributed by atoms with E-state index < -0.39 is 12.1 Å². The molecule has 4 heterocycles. The summed E-state index contributed by atoms with van der Waals surface area (Å²) in [4.78, 5) is 59.4. The fourth-order valence-electron chi connectivity index (χ4n) is 8.09. The van der Waals surface area contributed by atoms with Gasteiger partial charge in [0.1, 0.15) is 17.7 Å². The van der Waals surface area contributed by atoms with Crippen LogP contribution in [0.3, 0.4) is 0 Å². The zero-order valence-corrected chi connectivity index (χ0v) is 34.6. The average Bonchev–Trinajstić information content (AvgIpc) is 3.89. The molecule has 0 spiro atoms. The van der Waals surface area contributed by atoms with Crippen molar-refractivity contribution in [3.63, 3.8) is 0 Å². The number of aromatic amines is 2. The lowest BCUT2D eigenvalue weighted by atomic mass is 10.0. The number of amides is 3. The zero-order chi connectivity index (χ0) is 39.9. The van der Waals surface area contributed by atoms with E-state index in [0.29, 0.717) is 40.6 Å². The summed E-state index contributed by atoms with van der Waals surface area (Å²) in [5.74, 6) is 2.00. The number of likely N-dealkylation sites (tertiary alicyclic amines) is 2. The van der Waals surface area contributed by atoms with Gasteiger partial charge in [-0.05, 0) is 61.5 Å². The van der Waals surface area contributed by atoms with Gasteiger partial charge in [-0.1, -0.05) is 113 Å². The van der Waals surface area contributed by atoms with Crippen LogP contribution in [0.2, 0.25) is 10.3 Å². The maximum atomic E-state index is 13.9. The van der Waals surface area contributed by atoms with Crippen molar-refractivity contribution in [1.29, 1.82) is 0 Å². The maximum Gasteiger partial charge on any atom is 0.407 e. The van der Waals surface area contributed by atoms with Crippen LogP contribution in [0.25, 0.3) is 33.6 Å². The Kier molecular flexibility index (Phi) is 12.0. The van der Waals surface area contributed by atoms with E-state index in [-0.39, 0.29) is 53.7 Å². The molecule has 6 rings (SSSR count). The lowest BCUT2D eigenvalue weighted by molar-refractivity contribution is -0.137. The fourth-order valence-corrected chi connectivity index (χ4v) is 8.59. The van der Waals surface area contributed by atoms with E-state index in [2.05, 4.69) is 49.9 Å². The molecule has 0 bridgehead atoms. The number of halogens is 2. The number of aromatic nitrogens is 4. The van der Waals surface area contributed by atoms with Crippen molar-refractivity contribution in [3.8, 4) is 33.6 Å². The van der Waals surface area contributed by atoms with Gasteiger partial charge < -0.3 is 29.8 Å². The van der Waals surface area contributed by atoms with Crippen molar-refractivity contribution in [3.05, 3.63) is 70.5 Å². The molecule has 3 amide bonds. The normalized spacial score (nSPS) is 23.1. The molecule has 4 aromatic rings. The van der Waals surface area contributed by atoms with Crippen molar-refractivity contribution in [1.82, 2.24) is 35.1 Å². The van der Waals surface area contributed by atoms with Gasteiger partial charge in [0.25, 0.3) is 0 Å². The number of rotatable bonds is 10. The molecular weight excluding hydrogens is 737 g/mol. The molecule has 294 valence electrons. The Hall–Kier alpha value is -4.35. The van der Waals surface area contributed by atoms with Crippen molar-refractivity contribution >= 4 is 41.1 Å². The number of nitrogens with zero attached hydrogens (tertiary/aromatic N) is 4. The van der Waals surface area contributed by atoms with Gasteiger partial charge in [-0.3, -0.25) is 9.59 Å². The lowest BCUT2D eigenvalue weighted by Crippen LogP contribution is -2.53. The number of imidazole rings is 2. The van der Waals surface area contributed by atoms with Gasteiger partial charge in [-0.15, -0.1) is 0 Å². The Balaban J connectivity index is 1.19. The maximum absolute atomic E-state index is 13.9. The Bertz CT molecular complexity index is 2010. The SMILES string of the molecule is COC(=O)N[C@H](C(=O)N1[C@H](C)C(C)C[C@H]1c1nc(Cl)c(-c2ccc(-c3ccc(-c4[nH]c([C@@H]5C[C@@H](C)C(C)N5C(=O)CC(C)C)nc4Cl)cc3)cc2)[nH]1)C(C)C. The second kappa shape index (κ2) is 16.4. The third-order valence-electron chi connectivity index (χ3n) is 11.6. The highest BCUT2D eigenvalue weighted by molar-refractivity contribution is 6.32. The quantitative estimate of drug-likeness (QED) is 0.147. The predicted molar refractivity (Wildman–Crippen MR) is 216 cm³/mol. The van der Waals surface area contributed by atoms with E-state index in [1.165, 1.54) is 7.11 Å². The summed E-state index contributed by atoms with van der Waals surface area (Å²) < 4.78 is 4.80. The standard InChI is InChI=1S/C42H53Cl2N7O4/c1-21(2)18-33(52)50-25(7)23(5)19-31(50)39-45-35(37(43)48-39)29-14-10-27(11-15-29)28-12-16-30(17-13-28)36-38(44)49-40(46-36)32-20-24(6)26(8)51(32)41(53)34(22(3)4)47-42(54)55-9/h10-17,21-26,31-32,34H,18-20H2,1-9H3,(H,45,48)(H,46,49)(H,47,54)/t23-,24?,25?,26-,31+,32+,34+/m1/s1. The van der Waals surface area contributed by atoms with Gasteiger partial charge in [0.15, 0.2) is 10.3 Å². The highest BCUT2D eigenvalue weighted by atomic mass is 35.5. The molecule has 2 unspecified atom stereocenters. The molecule has 2 aliphatic heterocycles. The number of carbonyl (C=O) groups excluding carboxylic acids is 3. The van der Waals surface area contributed by atoms with Gasteiger partial charge in [-0.2, -0.15) is 0 Å². The number of H-pyrrole nitrogens is 2. The average molecular weight is 791 g/mol. The number of benzene rings is 2. The van der Waals surface area contributed by atoms with Gasteiger partial charge in [0.05, 0.1) is 30.6 Å². The third kappa shape index (κ3) is 8.14. The molecule has 0 saturated carbocycles. The molecule has 0 radical (unpaired) electrons. The summed E-state index contributed by atoms with van der Waals surface area (Å²) in [5.41, 5.74) is 5.22. The first-order chi connectivity index (χ1) is 26.1. The van der Waals surface area contributed by atoms with E-state index in [1.807, 2.05) is 79.1 Å². The highest BCUT2D eigenvalue weighted by Gasteiger charge is 2.45. The number of nitrogens with one attached hydrogen (secondary N) is 3.